The summed E-state index contributed by atoms with van der Waals surface area (Å²) in [6.45, 7) is 0.741. The standard InChI is InChI=1S/C13H15ClF3N3O3/c1-20(2)6-5-18-11(21)19-13(12(15,16)17)22-9-4-3-8(14)7-10(9)23-13/h3-4,7H,5-6H2,1-2H3,(H2,18,19,21)/p+1/t13-/m1/s1. The zero-order valence-corrected chi connectivity index (χ0v) is 13.1. The molecule has 2 amide bonds. The molecule has 23 heavy (non-hydrogen) atoms. The lowest BCUT2D eigenvalue weighted by atomic mass is 10.3. The van der Waals surface area contributed by atoms with Gasteiger partial charge in [-0.2, -0.15) is 13.2 Å². The van der Waals surface area contributed by atoms with E-state index in [1.54, 1.807) is 5.32 Å². The van der Waals surface area contributed by atoms with Gasteiger partial charge >= 0.3 is 18.1 Å². The van der Waals surface area contributed by atoms with E-state index in [0.717, 1.165) is 4.90 Å². The number of hydrogen-bond acceptors (Lipinski definition) is 3. The van der Waals surface area contributed by atoms with E-state index in [2.05, 4.69) is 5.32 Å². The first-order chi connectivity index (χ1) is 10.6. The summed E-state index contributed by atoms with van der Waals surface area (Å²) in [7, 11) is 3.70. The van der Waals surface area contributed by atoms with Crippen molar-refractivity contribution in [1.82, 2.24) is 10.6 Å². The molecule has 0 fully saturated rings. The van der Waals surface area contributed by atoms with Crippen molar-refractivity contribution in [3.63, 3.8) is 0 Å². The highest BCUT2D eigenvalue weighted by atomic mass is 35.5. The van der Waals surface area contributed by atoms with Gasteiger partial charge < -0.3 is 19.7 Å². The van der Waals surface area contributed by atoms with E-state index in [1.807, 2.05) is 14.1 Å². The van der Waals surface area contributed by atoms with Crippen LogP contribution in [-0.4, -0.2) is 45.3 Å². The zero-order chi connectivity index (χ0) is 17.3. The van der Waals surface area contributed by atoms with Gasteiger partial charge in [0.15, 0.2) is 11.5 Å². The highest BCUT2D eigenvalue weighted by Gasteiger charge is 2.65. The number of amides is 2. The number of nitrogens with one attached hydrogen (secondary N) is 3. The molecule has 0 saturated heterocycles. The van der Waals surface area contributed by atoms with Crippen molar-refractivity contribution in [1.29, 1.82) is 0 Å². The van der Waals surface area contributed by atoms with Gasteiger partial charge in [-0.05, 0) is 12.1 Å². The van der Waals surface area contributed by atoms with E-state index in [9.17, 15) is 18.0 Å². The Kier molecular flexibility index (Phi) is 4.81. The van der Waals surface area contributed by atoms with Crippen molar-refractivity contribution in [3.8, 4) is 11.5 Å². The largest absolute Gasteiger partial charge is 0.492 e. The van der Waals surface area contributed by atoms with Crippen LogP contribution < -0.4 is 25.0 Å². The number of alkyl halides is 3. The third kappa shape index (κ3) is 3.91. The molecule has 0 spiro atoms. The lowest BCUT2D eigenvalue weighted by Crippen LogP contribution is -3.06. The highest BCUT2D eigenvalue weighted by molar-refractivity contribution is 6.30. The second-order valence-electron chi connectivity index (χ2n) is 5.25. The Balaban J connectivity index is 2.12. The summed E-state index contributed by atoms with van der Waals surface area (Å²) in [5, 5.41) is 4.20. The first-order valence-corrected chi connectivity index (χ1v) is 7.10. The number of carbonyl (C=O) groups excluding carboxylic acids is 1. The molecule has 0 saturated carbocycles. The number of carbonyl (C=O) groups is 1. The molecule has 2 rings (SSSR count). The average Bonchev–Trinajstić information content (AvgIpc) is 2.76. The van der Waals surface area contributed by atoms with Crippen LogP contribution in [0.3, 0.4) is 0 Å². The summed E-state index contributed by atoms with van der Waals surface area (Å²) >= 11 is 5.72. The van der Waals surface area contributed by atoms with Gasteiger partial charge in [-0.3, -0.25) is 5.32 Å². The van der Waals surface area contributed by atoms with E-state index < -0.39 is 18.1 Å². The molecule has 1 aliphatic rings. The van der Waals surface area contributed by atoms with Crippen LogP contribution in [0.5, 0.6) is 11.5 Å². The topological polar surface area (TPSA) is 64.0 Å². The van der Waals surface area contributed by atoms with E-state index in [4.69, 9.17) is 21.1 Å². The predicted octanol–water partition coefficient (Wildman–Crippen LogP) is 0.771. The van der Waals surface area contributed by atoms with Gasteiger partial charge in [-0.15, -0.1) is 0 Å². The van der Waals surface area contributed by atoms with Crippen LogP contribution >= 0.6 is 11.6 Å². The number of ether oxygens (including phenoxy) is 2. The maximum absolute atomic E-state index is 13.4. The van der Waals surface area contributed by atoms with Crippen LogP contribution in [-0.2, 0) is 0 Å². The van der Waals surface area contributed by atoms with Gasteiger partial charge in [0, 0.05) is 11.1 Å². The number of fused-ring (bicyclic) bond motifs is 1. The molecule has 1 aromatic rings. The molecule has 0 unspecified atom stereocenters. The van der Waals surface area contributed by atoms with Crippen molar-refractivity contribution in [2.24, 2.45) is 0 Å². The van der Waals surface area contributed by atoms with Crippen molar-refractivity contribution < 1.29 is 32.3 Å². The third-order valence-electron chi connectivity index (χ3n) is 2.97. The van der Waals surface area contributed by atoms with E-state index in [1.165, 1.54) is 18.2 Å². The van der Waals surface area contributed by atoms with Crippen molar-refractivity contribution in [3.05, 3.63) is 23.2 Å². The second-order valence-corrected chi connectivity index (χ2v) is 5.68. The maximum atomic E-state index is 13.4. The Morgan fingerprint density at radius 2 is 1.96 bits per heavy atom. The lowest BCUT2D eigenvalue weighted by Gasteiger charge is -2.29. The predicted molar refractivity (Wildman–Crippen MR) is 75.7 cm³/mol. The summed E-state index contributed by atoms with van der Waals surface area (Å²) in [5.41, 5.74) is 0. The number of benzene rings is 1. The molecule has 10 heteroatoms. The fourth-order valence-electron chi connectivity index (χ4n) is 1.83. The number of likely N-dealkylation sites (N-methyl/N-ethyl adjacent to an activating group) is 1. The minimum absolute atomic E-state index is 0.162. The molecule has 0 radical (unpaired) electrons. The molecule has 0 aliphatic carbocycles. The number of hydrogen-bond donors (Lipinski definition) is 3. The monoisotopic (exact) mass is 354 g/mol. The molecule has 3 N–H and O–H groups in total. The summed E-state index contributed by atoms with van der Waals surface area (Å²) in [6, 6.07) is 2.72. The SMILES string of the molecule is C[NH+](C)CCNC(=O)N[C@]1(C(F)(F)F)Oc2ccc(Cl)cc2O1. The van der Waals surface area contributed by atoms with Crippen molar-refractivity contribution in [2.75, 3.05) is 27.2 Å². The minimum Gasteiger partial charge on any atom is -0.424 e. The van der Waals surface area contributed by atoms with Crippen LogP contribution in [0.2, 0.25) is 5.02 Å². The summed E-state index contributed by atoms with van der Waals surface area (Å²) in [4.78, 5) is 12.8. The smallest absolute Gasteiger partial charge is 0.424 e. The quantitative estimate of drug-likeness (QED) is 0.748. The fraction of sp³-hybridized carbons (Fsp3) is 0.462. The van der Waals surface area contributed by atoms with Gasteiger partial charge in [0.2, 0.25) is 0 Å². The van der Waals surface area contributed by atoms with Crippen LogP contribution in [0.15, 0.2) is 18.2 Å². The fourth-order valence-corrected chi connectivity index (χ4v) is 2.00. The van der Waals surface area contributed by atoms with Gasteiger partial charge in [0.05, 0.1) is 27.2 Å². The second kappa shape index (κ2) is 6.32. The van der Waals surface area contributed by atoms with Crippen LogP contribution in [0.1, 0.15) is 0 Å². The molecular formula is C13H16ClF3N3O3+. The molecular weight excluding hydrogens is 339 g/mol. The Morgan fingerprint density at radius 1 is 1.30 bits per heavy atom. The van der Waals surface area contributed by atoms with Crippen LogP contribution in [0.4, 0.5) is 18.0 Å². The summed E-state index contributed by atoms with van der Waals surface area (Å²) in [6.07, 6.45) is -5.00. The van der Waals surface area contributed by atoms with Crippen LogP contribution in [0, 0.1) is 0 Å². The van der Waals surface area contributed by atoms with Gasteiger partial charge in [0.25, 0.3) is 0 Å². The Morgan fingerprint density at radius 3 is 2.57 bits per heavy atom. The molecule has 1 heterocycles. The molecule has 128 valence electrons. The van der Waals surface area contributed by atoms with E-state index in [0.29, 0.717) is 6.54 Å². The van der Waals surface area contributed by atoms with Gasteiger partial charge in [0.1, 0.15) is 0 Å². The Hall–Kier alpha value is -1.87. The number of halogens is 4. The molecule has 1 aliphatic heterocycles. The highest BCUT2D eigenvalue weighted by Crippen LogP contribution is 2.45. The average molecular weight is 355 g/mol. The molecule has 0 aromatic heterocycles. The third-order valence-corrected chi connectivity index (χ3v) is 3.21. The maximum Gasteiger partial charge on any atom is 0.492 e. The number of quaternary nitrogens is 1. The first kappa shape index (κ1) is 17.5. The Labute approximate surface area is 135 Å². The Bertz CT molecular complexity index is 598. The van der Waals surface area contributed by atoms with Crippen molar-refractivity contribution >= 4 is 17.6 Å². The molecule has 0 bridgehead atoms. The first-order valence-electron chi connectivity index (χ1n) is 6.72. The van der Waals surface area contributed by atoms with E-state index in [-0.39, 0.29) is 23.1 Å². The minimum atomic E-state index is -5.00. The molecule has 6 nitrogen and oxygen atoms in total. The molecule has 1 aromatic carbocycles. The lowest BCUT2D eigenvalue weighted by molar-refractivity contribution is -0.856. The van der Waals surface area contributed by atoms with E-state index >= 15 is 0 Å². The van der Waals surface area contributed by atoms with Gasteiger partial charge in [-0.1, -0.05) is 11.6 Å². The van der Waals surface area contributed by atoms with Crippen molar-refractivity contribution in [2.45, 2.75) is 12.1 Å². The van der Waals surface area contributed by atoms with Crippen LogP contribution in [0.25, 0.3) is 0 Å². The number of rotatable bonds is 4. The summed E-state index contributed by atoms with van der Waals surface area (Å²) < 4.78 is 49.7. The molecule has 1 atom stereocenters. The normalized spacial score (nSPS) is 19.8. The van der Waals surface area contributed by atoms with Gasteiger partial charge in [-0.25, -0.2) is 4.79 Å². The number of urea groups is 1. The summed E-state index contributed by atoms with van der Waals surface area (Å²) in [5.74, 6) is -3.65. The zero-order valence-electron chi connectivity index (χ0n) is 12.4.